The average molecular weight is 289 g/mol. The third-order valence-corrected chi connectivity index (χ3v) is 1.98. The van der Waals surface area contributed by atoms with E-state index in [4.69, 9.17) is 19.7 Å². The molecule has 0 aliphatic heterocycles. The van der Waals surface area contributed by atoms with Gasteiger partial charge in [0.1, 0.15) is 13.2 Å². The van der Waals surface area contributed by atoms with Gasteiger partial charge in [0.2, 0.25) is 0 Å². The monoisotopic (exact) mass is 289 g/mol. The van der Waals surface area contributed by atoms with Crippen molar-refractivity contribution in [1.82, 2.24) is 0 Å². The highest BCUT2D eigenvalue weighted by molar-refractivity contribution is 5.80. The maximum absolute atomic E-state index is 11.2. The van der Waals surface area contributed by atoms with Gasteiger partial charge in [-0.15, -0.1) is 0 Å². The van der Waals surface area contributed by atoms with Gasteiger partial charge in [-0.2, -0.15) is 0 Å². The van der Waals surface area contributed by atoms with Crippen LogP contribution in [0.5, 0.6) is 0 Å². The van der Waals surface area contributed by atoms with Crippen LogP contribution in [0.25, 0.3) is 10.4 Å². The van der Waals surface area contributed by atoms with E-state index in [-0.39, 0.29) is 57.8 Å². The van der Waals surface area contributed by atoms with Gasteiger partial charge in [0.25, 0.3) is 0 Å². The van der Waals surface area contributed by atoms with Crippen molar-refractivity contribution >= 4 is 11.8 Å². The minimum Gasteiger partial charge on any atom is -0.469 e. The second kappa shape index (κ2) is 13.8. The van der Waals surface area contributed by atoms with Crippen LogP contribution >= 0.6 is 0 Å². The summed E-state index contributed by atoms with van der Waals surface area (Å²) in [4.78, 5) is 24.5. The number of ketones is 1. The smallest absolute Gasteiger partial charge is 0.307 e. The minimum atomic E-state index is -0.334. The number of azide groups is 1. The third kappa shape index (κ3) is 12.8. The molecule has 9 nitrogen and oxygen atoms in total. The van der Waals surface area contributed by atoms with Crippen molar-refractivity contribution in [1.29, 1.82) is 0 Å². The molecule has 20 heavy (non-hydrogen) atoms. The first-order chi connectivity index (χ1) is 9.70. The Kier molecular flexibility index (Phi) is 12.6. The van der Waals surface area contributed by atoms with Crippen molar-refractivity contribution in [3.8, 4) is 0 Å². The van der Waals surface area contributed by atoms with Crippen LogP contribution in [0.3, 0.4) is 0 Å². The number of rotatable bonds is 13. The number of ether oxygens (including phenoxy) is 4. The maximum Gasteiger partial charge on any atom is 0.307 e. The van der Waals surface area contributed by atoms with E-state index in [1.54, 1.807) is 0 Å². The molecule has 9 heteroatoms. The largest absolute Gasteiger partial charge is 0.469 e. The summed E-state index contributed by atoms with van der Waals surface area (Å²) in [5.41, 5.74) is 8.00. The van der Waals surface area contributed by atoms with E-state index in [0.717, 1.165) is 0 Å². The lowest BCUT2D eigenvalue weighted by Gasteiger charge is -2.05. The lowest BCUT2D eigenvalue weighted by atomic mass is 10.4. The molecule has 0 saturated heterocycles. The van der Waals surface area contributed by atoms with Crippen LogP contribution in [0.15, 0.2) is 5.11 Å². The second-order valence-corrected chi connectivity index (χ2v) is 3.54. The molecule has 0 fully saturated rings. The maximum atomic E-state index is 11.2. The number of hydrogen-bond donors (Lipinski definition) is 0. The normalized spacial score (nSPS) is 9.85. The van der Waals surface area contributed by atoms with E-state index in [2.05, 4.69) is 14.8 Å². The first-order valence-electron chi connectivity index (χ1n) is 6.03. The summed E-state index contributed by atoms with van der Waals surface area (Å²) in [6.45, 7) is 1.05. The zero-order valence-corrected chi connectivity index (χ0v) is 11.4. The van der Waals surface area contributed by atoms with Crippen LogP contribution in [0, 0.1) is 0 Å². The van der Waals surface area contributed by atoms with Crippen molar-refractivity contribution in [2.45, 2.75) is 6.42 Å². The first-order valence-corrected chi connectivity index (χ1v) is 6.03. The number of carbonyl (C=O) groups is 2. The van der Waals surface area contributed by atoms with E-state index < -0.39 is 0 Å². The van der Waals surface area contributed by atoms with E-state index in [9.17, 15) is 9.59 Å². The topological polar surface area (TPSA) is 120 Å². The predicted molar refractivity (Wildman–Crippen MR) is 68.1 cm³/mol. The highest BCUT2D eigenvalue weighted by Gasteiger charge is 2.02. The van der Waals surface area contributed by atoms with Gasteiger partial charge >= 0.3 is 5.97 Å². The fraction of sp³-hybridized carbons (Fsp3) is 0.818. The Balaban J connectivity index is 3.27. The first kappa shape index (κ1) is 18.3. The molecule has 0 saturated carbocycles. The molecule has 0 rings (SSSR count). The molecule has 114 valence electrons. The molecule has 0 unspecified atom stereocenters. The van der Waals surface area contributed by atoms with Crippen LogP contribution in [0.2, 0.25) is 0 Å². The Bertz CT molecular complexity index is 330. The van der Waals surface area contributed by atoms with E-state index in [1.165, 1.54) is 7.11 Å². The summed E-state index contributed by atoms with van der Waals surface area (Å²) < 4.78 is 19.5. The van der Waals surface area contributed by atoms with Crippen LogP contribution in [-0.2, 0) is 28.5 Å². The molecule has 0 atom stereocenters. The van der Waals surface area contributed by atoms with Crippen LogP contribution < -0.4 is 0 Å². The number of esters is 1. The lowest BCUT2D eigenvalue weighted by Crippen LogP contribution is -2.18. The Hall–Kier alpha value is -1.67. The number of Topliss-reactive ketones (excluding diaryl/α,β-unsaturated/α-hetero) is 1. The van der Waals surface area contributed by atoms with Crippen LogP contribution in [0.4, 0.5) is 0 Å². The Labute approximate surface area is 116 Å². The fourth-order valence-corrected chi connectivity index (χ4v) is 1.04. The molecule has 0 amide bonds. The van der Waals surface area contributed by atoms with Crippen LogP contribution in [0.1, 0.15) is 6.42 Å². The summed E-state index contributed by atoms with van der Waals surface area (Å²) in [6, 6.07) is 0. The van der Waals surface area contributed by atoms with Crippen LogP contribution in [-0.4, -0.2) is 65.0 Å². The number of hydrogen-bond acceptors (Lipinski definition) is 7. The van der Waals surface area contributed by atoms with Gasteiger partial charge in [0.15, 0.2) is 5.78 Å². The molecular formula is C11H19N3O6. The Morgan fingerprint density at radius 1 is 1.05 bits per heavy atom. The van der Waals surface area contributed by atoms with Crippen molar-refractivity contribution in [3.05, 3.63) is 10.4 Å². The van der Waals surface area contributed by atoms with Crippen molar-refractivity contribution in [3.63, 3.8) is 0 Å². The van der Waals surface area contributed by atoms with Gasteiger partial charge in [0.05, 0.1) is 40.0 Å². The number of methoxy groups -OCH3 is 1. The van der Waals surface area contributed by atoms with Crippen molar-refractivity contribution in [2.75, 3.05) is 53.3 Å². The van der Waals surface area contributed by atoms with Gasteiger partial charge in [-0.05, 0) is 5.53 Å². The molecule has 0 spiro atoms. The van der Waals surface area contributed by atoms with Gasteiger partial charge in [-0.1, -0.05) is 5.11 Å². The lowest BCUT2D eigenvalue weighted by molar-refractivity contribution is -0.141. The highest BCUT2D eigenvalue weighted by Crippen LogP contribution is 1.87. The SMILES string of the molecule is COC(=O)CCOCCOCC(=O)COCCN=[N+]=[N-]. The molecule has 0 radical (unpaired) electrons. The van der Waals surface area contributed by atoms with Crippen molar-refractivity contribution < 1.29 is 28.5 Å². The van der Waals surface area contributed by atoms with Crippen molar-refractivity contribution in [2.24, 2.45) is 5.11 Å². The summed E-state index contributed by atoms with van der Waals surface area (Å²) in [5.74, 6) is -0.542. The van der Waals surface area contributed by atoms with Gasteiger partial charge < -0.3 is 18.9 Å². The summed E-state index contributed by atoms with van der Waals surface area (Å²) >= 11 is 0. The fourth-order valence-electron chi connectivity index (χ4n) is 1.04. The third-order valence-electron chi connectivity index (χ3n) is 1.98. The van der Waals surface area contributed by atoms with E-state index in [0.29, 0.717) is 6.61 Å². The number of nitrogens with zero attached hydrogens (tertiary/aromatic N) is 3. The minimum absolute atomic E-state index is 0.0676. The molecule has 0 bridgehead atoms. The van der Waals surface area contributed by atoms with Gasteiger partial charge in [-0.3, -0.25) is 9.59 Å². The van der Waals surface area contributed by atoms with E-state index >= 15 is 0 Å². The molecule has 0 heterocycles. The summed E-state index contributed by atoms with van der Waals surface area (Å²) in [5, 5.41) is 3.25. The quantitative estimate of drug-likeness (QED) is 0.160. The standard InChI is InChI=1S/C11H19N3O6/c1-17-11(16)2-4-18-6-7-20-9-10(15)8-19-5-3-13-14-12/h2-9H2,1H3. The van der Waals surface area contributed by atoms with Gasteiger partial charge in [0, 0.05) is 11.5 Å². The number of carbonyl (C=O) groups excluding carboxylic acids is 2. The molecular weight excluding hydrogens is 270 g/mol. The predicted octanol–water partition coefficient (Wildman–Crippen LogP) is 0.479. The summed E-state index contributed by atoms with van der Waals surface area (Å²) in [7, 11) is 1.31. The Morgan fingerprint density at radius 3 is 2.35 bits per heavy atom. The molecule has 0 aromatic heterocycles. The zero-order chi connectivity index (χ0) is 15.1. The molecule has 0 N–H and O–H groups in total. The second-order valence-electron chi connectivity index (χ2n) is 3.54. The average Bonchev–Trinajstić information content (AvgIpc) is 2.45. The zero-order valence-electron chi connectivity index (χ0n) is 11.4. The van der Waals surface area contributed by atoms with E-state index in [1.807, 2.05) is 0 Å². The van der Waals surface area contributed by atoms with Gasteiger partial charge in [-0.25, -0.2) is 0 Å². The molecule has 0 aliphatic carbocycles. The summed E-state index contributed by atoms with van der Waals surface area (Å²) in [6.07, 6.45) is 0.189. The molecule has 0 aliphatic rings. The molecule has 0 aromatic carbocycles. The highest BCUT2D eigenvalue weighted by atomic mass is 16.5. The molecule has 0 aromatic rings. The Morgan fingerprint density at radius 2 is 1.70 bits per heavy atom.